The summed E-state index contributed by atoms with van der Waals surface area (Å²) in [6.45, 7) is 5.12. The number of rotatable bonds is 6. The number of fused-ring (bicyclic) bond motifs is 5. The van der Waals surface area contributed by atoms with E-state index in [1.54, 1.807) is 14.2 Å². The third-order valence-electron chi connectivity index (χ3n) is 11.3. The first-order chi connectivity index (χ1) is 16.3. The molecule has 0 spiro atoms. The topological polar surface area (TPSA) is 47.9 Å². The summed E-state index contributed by atoms with van der Waals surface area (Å²) in [6.07, 6.45) is 13.2. The number of ether oxygens (including phenoxy) is 3. The third kappa shape index (κ3) is 3.88. The Morgan fingerprint density at radius 1 is 0.853 bits per heavy atom. The van der Waals surface area contributed by atoms with E-state index in [0.29, 0.717) is 22.9 Å². The Morgan fingerprint density at radius 2 is 1.62 bits per heavy atom. The third-order valence-corrected chi connectivity index (χ3v) is 11.3. The standard InChI is InChI=1S/C30H46O4/c1-28-16-17-30(31,15-12-20-6-10-25(32-3)26(18-20)33-4)19-21(28)7-8-22-23-9-11-27(34-5)29(23,2)14-13-24(22)28/h6,10,18,21-24,27,31H,7-9,11-17,19H2,1-5H3/t21?,22-,23-,24+,27?,28-,29-,30?/m0/s1. The predicted molar refractivity (Wildman–Crippen MR) is 135 cm³/mol. The van der Waals surface area contributed by atoms with Crippen molar-refractivity contribution >= 4 is 0 Å². The van der Waals surface area contributed by atoms with Gasteiger partial charge in [-0.15, -0.1) is 0 Å². The number of aryl methyl sites for hydroxylation is 1. The summed E-state index contributed by atoms with van der Waals surface area (Å²) in [7, 11) is 5.28. The maximum absolute atomic E-state index is 11.7. The van der Waals surface area contributed by atoms with Gasteiger partial charge in [0.1, 0.15) is 0 Å². The fourth-order valence-corrected chi connectivity index (χ4v) is 9.30. The first-order valence-electron chi connectivity index (χ1n) is 13.7. The molecule has 0 saturated heterocycles. The molecule has 4 aliphatic rings. The molecule has 4 fully saturated rings. The van der Waals surface area contributed by atoms with Crippen molar-refractivity contribution in [1.29, 1.82) is 0 Å². The highest BCUT2D eigenvalue weighted by Gasteiger charge is 2.61. The molecule has 0 heterocycles. The molecule has 1 aromatic carbocycles. The fraction of sp³-hybridized carbons (Fsp3) is 0.800. The number of hydrogen-bond acceptors (Lipinski definition) is 4. The van der Waals surface area contributed by atoms with Crippen molar-refractivity contribution in [2.45, 2.75) is 96.2 Å². The highest BCUT2D eigenvalue weighted by atomic mass is 16.5. The average Bonchev–Trinajstić information content (AvgIpc) is 3.19. The molecule has 0 radical (unpaired) electrons. The van der Waals surface area contributed by atoms with Crippen molar-refractivity contribution in [1.82, 2.24) is 0 Å². The van der Waals surface area contributed by atoms with E-state index >= 15 is 0 Å². The Bertz CT molecular complexity index is 885. The lowest BCUT2D eigenvalue weighted by molar-refractivity contribution is -0.158. The molecule has 1 aromatic rings. The number of methoxy groups -OCH3 is 3. The molecule has 4 nitrogen and oxygen atoms in total. The second-order valence-electron chi connectivity index (χ2n) is 12.6. The minimum absolute atomic E-state index is 0.383. The van der Waals surface area contributed by atoms with E-state index in [4.69, 9.17) is 14.2 Å². The summed E-state index contributed by atoms with van der Waals surface area (Å²) < 4.78 is 16.8. The molecule has 3 unspecified atom stereocenters. The summed E-state index contributed by atoms with van der Waals surface area (Å²) in [6, 6.07) is 6.15. The summed E-state index contributed by atoms with van der Waals surface area (Å²) in [5.41, 5.74) is 1.45. The van der Waals surface area contributed by atoms with Gasteiger partial charge in [0.2, 0.25) is 0 Å². The van der Waals surface area contributed by atoms with E-state index in [0.717, 1.165) is 54.9 Å². The first-order valence-corrected chi connectivity index (χ1v) is 13.7. The van der Waals surface area contributed by atoms with Crippen molar-refractivity contribution < 1.29 is 19.3 Å². The number of benzene rings is 1. The van der Waals surface area contributed by atoms with E-state index in [9.17, 15) is 5.11 Å². The van der Waals surface area contributed by atoms with Crippen LogP contribution in [0.2, 0.25) is 0 Å². The summed E-state index contributed by atoms with van der Waals surface area (Å²) in [5, 5.41) is 11.7. The van der Waals surface area contributed by atoms with Crippen LogP contribution in [0.3, 0.4) is 0 Å². The van der Waals surface area contributed by atoms with E-state index in [2.05, 4.69) is 26.0 Å². The molecule has 4 aliphatic carbocycles. The number of aliphatic hydroxyl groups is 1. The van der Waals surface area contributed by atoms with Crippen LogP contribution in [-0.2, 0) is 11.2 Å². The van der Waals surface area contributed by atoms with Gasteiger partial charge in [0.25, 0.3) is 0 Å². The van der Waals surface area contributed by atoms with Gasteiger partial charge >= 0.3 is 0 Å². The molecule has 1 N–H and O–H groups in total. The van der Waals surface area contributed by atoms with Crippen LogP contribution in [0, 0.1) is 34.5 Å². The monoisotopic (exact) mass is 470 g/mol. The Kier molecular flexibility index (Phi) is 6.47. The molecular weight excluding hydrogens is 424 g/mol. The molecule has 0 amide bonds. The maximum atomic E-state index is 11.7. The molecule has 0 aliphatic heterocycles. The molecule has 4 heteroatoms. The van der Waals surface area contributed by atoms with Crippen LogP contribution < -0.4 is 9.47 Å². The highest BCUT2D eigenvalue weighted by molar-refractivity contribution is 5.43. The maximum Gasteiger partial charge on any atom is 0.160 e. The highest BCUT2D eigenvalue weighted by Crippen LogP contribution is 2.67. The van der Waals surface area contributed by atoms with Gasteiger partial charge in [-0.2, -0.15) is 0 Å². The summed E-state index contributed by atoms with van der Waals surface area (Å²) in [5.74, 6) is 4.71. The second kappa shape index (κ2) is 9.00. The van der Waals surface area contributed by atoms with Crippen LogP contribution in [0.25, 0.3) is 0 Å². The van der Waals surface area contributed by atoms with Crippen LogP contribution >= 0.6 is 0 Å². The van der Waals surface area contributed by atoms with Gasteiger partial charge in [0.05, 0.1) is 25.9 Å². The Morgan fingerprint density at radius 3 is 2.35 bits per heavy atom. The smallest absolute Gasteiger partial charge is 0.160 e. The van der Waals surface area contributed by atoms with Gasteiger partial charge in [-0.05, 0) is 123 Å². The predicted octanol–water partition coefficient (Wildman–Crippen LogP) is 6.43. The minimum Gasteiger partial charge on any atom is -0.493 e. The SMILES string of the molecule is COc1ccc(CCC2(O)CC[C@@]3(C)C(CC[C@@H]4[C@H]3CC[C@]3(C)C(OC)CC[C@@H]43)C2)cc1OC. The Balaban J connectivity index is 1.26. The van der Waals surface area contributed by atoms with Crippen LogP contribution in [-0.4, -0.2) is 38.1 Å². The van der Waals surface area contributed by atoms with Crippen molar-refractivity contribution in [3.05, 3.63) is 23.8 Å². The van der Waals surface area contributed by atoms with Gasteiger partial charge in [0.15, 0.2) is 11.5 Å². The van der Waals surface area contributed by atoms with E-state index in [1.807, 2.05) is 13.2 Å². The van der Waals surface area contributed by atoms with Gasteiger partial charge in [-0.1, -0.05) is 19.9 Å². The van der Waals surface area contributed by atoms with E-state index in [1.165, 1.54) is 50.5 Å². The van der Waals surface area contributed by atoms with Crippen molar-refractivity contribution in [2.75, 3.05) is 21.3 Å². The lowest BCUT2D eigenvalue weighted by Gasteiger charge is -2.62. The van der Waals surface area contributed by atoms with Crippen molar-refractivity contribution in [3.8, 4) is 11.5 Å². The zero-order valence-corrected chi connectivity index (χ0v) is 22.1. The number of hydrogen-bond donors (Lipinski definition) is 1. The molecule has 0 bridgehead atoms. The molecular formula is C30H46O4. The lowest BCUT2D eigenvalue weighted by atomic mass is 9.44. The molecule has 0 aromatic heterocycles. The normalized spacial score (nSPS) is 43.5. The van der Waals surface area contributed by atoms with E-state index < -0.39 is 5.60 Å². The lowest BCUT2D eigenvalue weighted by Crippen LogP contribution is -2.56. The van der Waals surface area contributed by atoms with Gasteiger partial charge in [0, 0.05) is 7.11 Å². The summed E-state index contributed by atoms with van der Waals surface area (Å²) >= 11 is 0. The molecule has 4 saturated carbocycles. The van der Waals surface area contributed by atoms with Gasteiger partial charge < -0.3 is 19.3 Å². The quantitative estimate of drug-likeness (QED) is 0.521. The van der Waals surface area contributed by atoms with Crippen LogP contribution in [0.1, 0.15) is 83.6 Å². The minimum atomic E-state index is -0.540. The van der Waals surface area contributed by atoms with E-state index in [-0.39, 0.29) is 0 Å². The Labute approximate surface area is 206 Å². The largest absolute Gasteiger partial charge is 0.493 e. The van der Waals surface area contributed by atoms with Crippen molar-refractivity contribution in [3.63, 3.8) is 0 Å². The zero-order chi connectivity index (χ0) is 24.1. The summed E-state index contributed by atoms with van der Waals surface area (Å²) in [4.78, 5) is 0. The zero-order valence-electron chi connectivity index (χ0n) is 22.1. The molecule has 34 heavy (non-hydrogen) atoms. The first kappa shape index (κ1) is 24.4. The van der Waals surface area contributed by atoms with Crippen LogP contribution in [0.5, 0.6) is 11.5 Å². The molecule has 8 atom stereocenters. The van der Waals surface area contributed by atoms with Gasteiger partial charge in [-0.3, -0.25) is 0 Å². The fourth-order valence-electron chi connectivity index (χ4n) is 9.30. The second-order valence-corrected chi connectivity index (χ2v) is 12.6. The van der Waals surface area contributed by atoms with Gasteiger partial charge in [-0.25, -0.2) is 0 Å². The van der Waals surface area contributed by atoms with Crippen molar-refractivity contribution in [2.24, 2.45) is 34.5 Å². The van der Waals surface area contributed by atoms with Crippen LogP contribution in [0.15, 0.2) is 18.2 Å². The molecule has 5 rings (SSSR count). The molecule has 190 valence electrons. The average molecular weight is 471 g/mol. The Hall–Kier alpha value is -1.26. The van der Waals surface area contributed by atoms with Crippen LogP contribution in [0.4, 0.5) is 0 Å².